The van der Waals surface area contributed by atoms with Crippen LogP contribution in [0.5, 0.6) is 0 Å². The lowest BCUT2D eigenvalue weighted by Crippen LogP contribution is -2.37. The summed E-state index contributed by atoms with van der Waals surface area (Å²) >= 11 is 7.49. The van der Waals surface area contributed by atoms with Crippen LogP contribution in [-0.2, 0) is 14.3 Å². The number of rotatable bonds is 9. The molecule has 150 valence electrons. The van der Waals surface area contributed by atoms with Crippen molar-refractivity contribution in [1.82, 2.24) is 9.97 Å². The molecule has 0 aliphatic heterocycles. The maximum atomic E-state index is 11.2. The molecule has 1 aromatic heterocycles. The van der Waals surface area contributed by atoms with E-state index < -0.39 is 30.3 Å². The van der Waals surface area contributed by atoms with Crippen molar-refractivity contribution < 1.29 is 24.5 Å². The van der Waals surface area contributed by atoms with Crippen LogP contribution in [-0.4, -0.2) is 70.0 Å². The Labute approximate surface area is 165 Å². The van der Waals surface area contributed by atoms with Crippen LogP contribution >= 0.6 is 23.4 Å². The molecule has 0 radical (unpaired) electrons. The van der Waals surface area contributed by atoms with Crippen molar-refractivity contribution >= 4 is 40.8 Å². The first kappa shape index (κ1) is 21.8. The second kappa shape index (κ2) is 10.1. The molecule has 0 saturated heterocycles. The lowest BCUT2D eigenvalue weighted by Gasteiger charge is -2.19. The van der Waals surface area contributed by atoms with E-state index in [4.69, 9.17) is 21.9 Å². The van der Waals surface area contributed by atoms with Crippen LogP contribution in [0.2, 0.25) is 5.15 Å². The van der Waals surface area contributed by atoms with Crippen LogP contribution in [0.3, 0.4) is 0 Å². The number of methoxy groups -OCH3 is 1. The van der Waals surface area contributed by atoms with Crippen molar-refractivity contribution in [2.75, 3.05) is 24.8 Å². The van der Waals surface area contributed by atoms with E-state index in [0.29, 0.717) is 5.16 Å². The van der Waals surface area contributed by atoms with Gasteiger partial charge in [-0.3, -0.25) is 0 Å². The van der Waals surface area contributed by atoms with E-state index in [-0.39, 0.29) is 29.7 Å². The van der Waals surface area contributed by atoms with Gasteiger partial charge in [-0.05, 0) is 12.8 Å². The lowest BCUT2D eigenvalue weighted by molar-refractivity contribution is -0.150. The number of anilines is 1. The molecule has 1 aromatic rings. The molecule has 0 amide bonds. The predicted molar refractivity (Wildman–Crippen MR) is 98.7 cm³/mol. The maximum absolute atomic E-state index is 11.2. The Morgan fingerprint density at radius 2 is 2.19 bits per heavy atom. The molecule has 10 nitrogen and oxygen atoms in total. The normalized spacial score (nSPS) is 24.6. The summed E-state index contributed by atoms with van der Waals surface area (Å²) in [6.45, 7) is 1.69. The van der Waals surface area contributed by atoms with Gasteiger partial charge in [-0.25, -0.2) is 20.3 Å². The van der Waals surface area contributed by atoms with E-state index in [1.54, 1.807) is 0 Å². The molecule has 1 saturated carbocycles. The van der Waals surface area contributed by atoms with Gasteiger partial charge in [0.1, 0.15) is 18.8 Å². The third kappa shape index (κ3) is 5.48. The van der Waals surface area contributed by atoms with Gasteiger partial charge in [-0.2, -0.15) is 5.11 Å². The van der Waals surface area contributed by atoms with Crippen LogP contribution in [0.15, 0.2) is 10.3 Å². The molecule has 0 aromatic carbocycles. The Balaban J connectivity index is 2.14. The van der Waals surface area contributed by atoms with Gasteiger partial charge in [-0.15, -0.1) is 0 Å². The number of hydrogen-bond acceptors (Lipinski definition) is 11. The summed E-state index contributed by atoms with van der Waals surface area (Å²) in [5, 5.41) is 27.2. The number of esters is 1. The smallest absolute Gasteiger partial charge is 0.331 e. The fourth-order valence-corrected chi connectivity index (χ4v) is 3.53. The summed E-state index contributed by atoms with van der Waals surface area (Å²) < 4.78 is 9.81. The van der Waals surface area contributed by atoms with Gasteiger partial charge in [-0.1, -0.05) is 30.3 Å². The highest BCUT2D eigenvalue weighted by atomic mass is 35.5. The third-order valence-corrected chi connectivity index (χ3v) is 5.28. The van der Waals surface area contributed by atoms with Gasteiger partial charge in [0.15, 0.2) is 21.8 Å². The van der Waals surface area contributed by atoms with Gasteiger partial charge in [0.2, 0.25) is 0 Å². The topological polar surface area (TPSA) is 150 Å². The number of hydrogen-bond donors (Lipinski definition) is 4. The van der Waals surface area contributed by atoms with Gasteiger partial charge in [0, 0.05) is 5.75 Å². The number of ether oxygens (including phenoxy) is 2. The molecule has 0 spiro atoms. The van der Waals surface area contributed by atoms with Crippen LogP contribution < -0.4 is 5.32 Å². The molecular formula is C15H22ClN5O5S. The van der Waals surface area contributed by atoms with Crippen molar-refractivity contribution in [1.29, 1.82) is 5.53 Å². The van der Waals surface area contributed by atoms with Crippen LogP contribution in [0.4, 0.5) is 11.5 Å². The van der Waals surface area contributed by atoms with E-state index in [1.165, 1.54) is 18.9 Å². The Hall–Kier alpha value is -1.53. The number of thioether (sulfide) groups is 1. The summed E-state index contributed by atoms with van der Waals surface area (Å²) in [7, 11) is 1.23. The molecular weight excluding hydrogens is 398 g/mol. The SMILES string of the molecule is CCCSc1nc(Cl)c(N=N)c(N[C@@H]2C[C@H](OCC(=O)OC)[C@@H](O)[C@H]2O)n1. The van der Waals surface area contributed by atoms with Crippen LogP contribution in [0.1, 0.15) is 19.8 Å². The van der Waals surface area contributed by atoms with Gasteiger partial charge >= 0.3 is 5.97 Å². The van der Waals surface area contributed by atoms with E-state index in [0.717, 1.165) is 12.2 Å². The number of aliphatic hydroxyl groups excluding tert-OH is 2. The number of carbonyl (C=O) groups is 1. The molecule has 4 atom stereocenters. The second-order valence-corrected chi connectivity index (χ2v) is 7.27. The highest BCUT2D eigenvalue weighted by Crippen LogP contribution is 2.35. The summed E-state index contributed by atoms with van der Waals surface area (Å²) in [5.41, 5.74) is 7.34. The molecule has 1 fully saturated rings. The predicted octanol–water partition coefficient (Wildman–Crippen LogP) is 1.76. The number of aromatic nitrogens is 2. The largest absolute Gasteiger partial charge is 0.467 e. The number of nitrogens with one attached hydrogen (secondary N) is 2. The first-order chi connectivity index (χ1) is 12.9. The minimum Gasteiger partial charge on any atom is -0.467 e. The van der Waals surface area contributed by atoms with Gasteiger partial charge < -0.3 is 25.0 Å². The average molecular weight is 420 g/mol. The number of halogens is 1. The van der Waals surface area contributed by atoms with Crippen LogP contribution in [0, 0.1) is 5.53 Å². The van der Waals surface area contributed by atoms with Crippen LogP contribution in [0.25, 0.3) is 0 Å². The molecule has 27 heavy (non-hydrogen) atoms. The maximum Gasteiger partial charge on any atom is 0.331 e. The highest BCUT2D eigenvalue weighted by Gasteiger charge is 2.43. The highest BCUT2D eigenvalue weighted by molar-refractivity contribution is 7.99. The molecule has 4 N–H and O–H groups in total. The van der Waals surface area contributed by atoms with Crippen molar-refractivity contribution in [3.63, 3.8) is 0 Å². The second-order valence-electron chi connectivity index (χ2n) is 5.85. The molecule has 2 rings (SSSR count). The minimum atomic E-state index is -1.20. The van der Waals surface area contributed by atoms with Crippen molar-refractivity contribution in [3.8, 4) is 0 Å². The fraction of sp³-hybridized carbons (Fsp3) is 0.667. The Bertz CT molecular complexity index is 682. The Kier molecular flexibility index (Phi) is 8.17. The van der Waals surface area contributed by atoms with E-state index in [1.807, 2.05) is 6.92 Å². The Morgan fingerprint density at radius 3 is 2.81 bits per heavy atom. The summed E-state index contributed by atoms with van der Waals surface area (Å²) in [6.07, 6.45) is -2.01. The quantitative estimate of drug-likeness (QED) is 0.154. The number of carbonyl (C=O) groups excluding carboxylic acids is 1. The van der Waals surface area contributed by atoms with Crippen molar-refractivity contribution in [3.05, 3.63) is 5.15 Å². The van der Waals surface area contributed by atoms with E-state index >= 15 is 0 Å². The van der Waals surface area contributed by atoms with Gasteiger partial charge in [0.05, 0.1) is 19.3 Å². The first-order valence-corrected chi connectivity index (χ1v) is 9.66. The monoisotopic (exact) mass is 419 g/mol. The minimum absolute atomic E-state index is 0.0210. The molecule has 0 bridgehead atoms. The summed E-state index contributed by atoms with van der Waals surface area (Å²) in [4.78, 5) is 19.6. The summed E-state index contributed by atoms with van der Waals surface area (Å²) in [5.74, 6) is 0.401. The zero-order valence-electron chi connectivity index (χ0n) is 14.9. The molecule has 0 unspecified atom stereocenters. The number of nitrogens with zero attached hydrogens (tertiary/aromatic N) is 3. The fourth-order valence-electron chi connectivity index (χ4n) is 2.57. The Morgan fingerprint density at radius 1 is 1.44 bits per heavy atom. The molecule has 12 heteroatoms. The number of aliphatic hydroxyl groups is 2. The first-order valence-electron chi connectivity index (χ1n) is 8.30. The van der Waals surface area contributed by atoms with Crippen molar-refractivity contribution in [2.45, 2.75) is 49.3 Å². The lowest BCUT2D eigenvalue weighted by atomic mass is 10.2. The molecule has 1 aliphatic carbocycles. The van der Waals surface area contributed by atoms with Gasteiger partial charge in [0.25, 0.3) is 0 Å². The van der Waals surface area contributed by atoms with Crippen molar-refractivity contribution in [2.24, 2.45) is 5.11 Å². The van der Waals surface area contributed by atoms with E-state index in [9.17, 15) is 15.0 Å². The average Bonchev–Trinajstić information content (AvgIpc) is 2.92. The standard InChI is InChI=1S/C15H22ClN5O5S/c1-3-4-27-15-19-13(16)10(21-17)14(20-15)18-7-5-8(12(24)11(7)23)26-6-9(22)25-2/h7-8,11-12,17,23-24H,3-6H2,1-2H3,(H,18,19,20)/t7-,8+,11+,12-/m1/s1. The zero-order chi connectivity index (χ0) is 20.0. The summed E-state index contributed by atoms with van der Waals surface area (Å²) in [6, 6.07) is -0.641. The zero-order valence-corrected chi connectivity index (χ0v) is 16.5. The third-order valence-electron chi connectivity index (χ3n) is 3.96. The molecule has 1 aliphatic rings. The molecule has 1 heterocycles. The van der Waals surface area contributed by atoms with E-state index in [2.05, 4.69) is 25.1 Å².